The topological polar surface area (TPSA) is 15.3 Å². The smallest absolute Gasteiger partial charge is 0.0309 e. The van der Waals surface area contributed by atoms with Crippen LogP contribution in [0.2, 0.25) is 0 Å². The molecule has 2 saturated carbocycles. The van der Waals surface area contributed by atoms with E-state index in [4.69, 9.17) is 0 Å². The molecule has 2 aliphatic carbocycles. The van der Waals surface area contributed by atoms with Crippen LogP contribution in [0.5, 0.6) is 0 Å². The Labute approximate surface area is 123 Å². The fourth-order valence-electron chi connectivity index (χ4n) is 4.57. The van der Waals surface area contributed by atoms with Gasteiger partial charge in [0, 0.05) is 36.0 Å². The van der Waals surface area contributed by atoms with Gasteiger partial charge in [-0.1, -0.05) is 26.2 Å². The summed E-state index contributed by atoms with van der Waals surface area (Å²) in [5.41, 5.74) is 0.483. The number of thioether (sulfide) groups is 1. The van der Waals surface area contributed by atoms with E-state index < -0.39 is 0 Å². The lowest BCUT2D eigenvalue weighted by molar-refractivity contribution is 0.0544. The standard InChI is InChI=1S/C16H30N2S/c1-3-19-15-8-6-7-14(15)18-12-16(9-4-5-10-16)17-11-13(18)2/h13-15,17H,3-12H2,1-2H3. The predicted molar refractivity (Wildman–Crippen MR) is 84.9 cm³/mol. The third-order valence-electron chi connectivity index (χ3n) is 5.61. The van der Waals surface area contributed by atoms with Gasteiger partial charge in [0.25, 0.3) is 0 Å². The van der Waals surface area contributed by atoms with Crippen LogP contribution in [0.4, 0.5) is 0 Å². The van der Waals surface area contributed by atoms with Gasteiger partial charge < -0.3 is 5.32 Å². The van der Waals surface area contributed by atoms with Crippen molar-refractivity contribution in [2.45, 2.75) is 81.7 Å². The van der Waals surface area contributed by atoms with Crippen LogP contribution in [-0.2, 0) is 0 Å². The van der Waals surface area contributed by atoms with Crippen LogP contribution in [0.1, 0.15) is 58.8 Å². The molecule has 0 bridgehead atoms. The lowest BCUT2D eigenvalue weighted by atomic mass is 9.91. The molecule has 0 aromatic heterocycles. The van der Waals surface area contributed by atoms with Crippen LogP contribution in [0.15, 0.2) is 0 Å². The minimum absolute atomic E-state index is 0.483. The van der Waals surface area contributed by atoms with E-state index in [9.17, 15) is 0 Å². The zero-order chi connectivity index (χ0) is 13.3. The van der Waals surface area contributed by atoms with Gasteiger partial charge in [-0.05, 0) is 38.4 Å². The zero-order valence-corrected chi connectivity index (χ0v) is 13.5. The maximum atomic E-state index is 3.90. The Bertz CT molecular complexity index is 301. The molecule has 1 N–H and O–H groups in total. The molecule has 0 aromatic carbocycles. The van der Waals surface area contributed by atoms with Crippen molar-refractivity contribution < 1.29 is 0 Å². The molecule has 3 rings (SSSR count). The molecule has 19 heavy (non-hydrogen) atoms. The second kappa shape index (κ2) is 5.95. The van der Waals surface area contributed by atoms with E-state index >= 15 is 0 Å². The molecule has 3 fully saturated rings. The highest BCUT2D eigenvalue weighted by Gasteiger charge is 2.44. The molecule has 1 heterocycles. The maximum Gasteiger partial charge on any atom is 0.0309 e. The summed E-state index contributed by atoms with van der Waals surface area (Å²) in [5.74, 6) is 1.28. The molecule has 1 spiro atoms. The van der Waals surface area contributed by atoms with Crippen LogP contribution in [-0.4, -0.2) is 46.6 Å². The number of rotatable bonds is 3. The first-order chi connectivity index (χ1) is 9.24. The van der Waals surface area contributed by atoms with Crippen molar-refractivity contribution in [1.82, 2.24) is 10.2 Å². The predicted octanol–water partition coefficient (Wildman–Crippen LogP) is 3.27. The summed E-state index contributed by atoms with van der Waals surface area (Å²) < 4.78 is 0. The van der Waals surface area contributed by atoms with E-state index in [0.29, 0.717) is 5.54 Å². The van der Waals surface area contributed by atoms with Crippen molar-refractivity contribution in [3.05, 3.63) is 0 Å². The molecule has 1 aliphatic heterocycles. The van der Waals surface area contributed by atoms with Gasteiger partial charge in [0.2, 0.25) is 0 Å². The molecule has 0 aromatic rings. The Kier molecular flexibility index (Phi) is 4.45. The molecule has 0 amide bonds. The van der Waals surface area contributed by atoms with Crippen molar-refractivity contribution in [3.63, 3.8) is 0 Å². The highest BCUT2D eigenvalue weighted by Crippen LogP contribution is 2.39. The molecule has 110 valence electrons. The largest absolute Gasteiger partial charge is 0.308 e. The van der Waals surface area contributed by atoms with Crippen molar-refractivity contribution in [2.75, 3.05) is 18.8 Å². The van der Waals surface area contributed by atoms with Crippen LogP contribution in [0.25, 0.3) is 0 Å². The summed E-state index contributed by atoms with van der Waals surface area (Å²) >= 11 is 2.21. The Hall–Kier alpha value is 0.270. The fourth-order valence-corrected chi connectivity index (χ4v) is 5.84. The highest BCUT2D eigenvalue weighted by atomic mass is 32.2. The van der Waals surface area contributed by atoms with Gasteiger partial charge in [-0.3, -0.25) is 4.90 Å². The second-order valence-electron chi connectivity index (χ2n) is 6.88. The molecule has 2 nitrogen and oxygen atoms in total. The Morgan fingerprint density at radius 2 is 2.00 bits per heavy atom. The van der Waals surface area contributed by atoms with Gasteiger partial charge in [-0.15, -0.1) is 0 Å². The van der Waals surface area contributed by atoms with E-state index in [-0.39, 0.29) is 0 Å². The van der Waals surface area contributed by atoms with E-state index in [0.717, 1.165) is 17.3 Å². The van der Waals surface area contributed by atoms with E-state index in [1.807, 2.05) is 0 Å². The molecule has 3 heteroatoms. The molecule has 1 saturated heterocycles. The monoisotopic (exact) mass is 282 g/mol. The normalized spacial score (nSPS) is 39.2. The first kappa shape index (κ1) is 14.2. The van der Waals surface area contributed by atoms with Gasteiger partial charge in [-0.25, -0.2) is 0 Å². The average Bonchev–Trinajstić information content (AvgIpc) is 3.03. The van der Waals surface area contributed by atoms with Crippen molar-refractivity contribution >= 4 is 11.8 Å². The minimum Gasteiger partial charge on any atom is -0.308 e. The summed E-state index contributed by atoms with van der Waals surface area (Å²) in [6.07, 6.45) is 10.0. The molecule has 3 aliphatic rings. The Balaban J connectivity index is 1.70. The lowest BCUT2D eigenvalue weighted by Gasteiger charge is -2.49. The van der Waals surface area contributed by atoms with Crippen LogP contribution in [0, 0.1) is 0 Å². The van der Waals surface area contributed by atoms with Gasteiger partial charge in [0.1, 0.15) is 0 Å². The number of hydrogen-bond acceptors (Lipinski definition) is 3. The van der Waals surface area contributed by atoms with Crippen molar-refractivity contribution in [1.29, 1.82) is 0 Å². The van der Waals surface area contributed by atoms with Crippen LogP contribution < -0.4 is 5.32 Å². The molecule has 0 radical (unpaired) electrons. The third-order valence-corrected chi connectivity index (χ3v) is 6.92. The highest BCUT2D eigenvalue weighted by molar-refractivity contribution is 7.99. The van der Waals surface area contributed by atoms with E-state index in [2.05, 4.69) is 35.8 Å². The van der Waals surface area contributed by atoms with E-state index in [1.165, 1.54) is 63.8 Å². The van der Waals surface area contributed by atoms with E-state index in [1.54, 1.807) is 0 Å². The number of nitrogens with one attached hydrogen (secondary N) is 1. The van der Waals surface area contributed by atoms with Crippen LogP contribution in [0.3, 0.4) is 0 Å². The summed E-state index contributed by atoms with van der Waals surface area (Å²) in [4.78, 5) is 2.89. The second-order valence-corrected chi connectivity index (χ2v) is 8.40. The summed E-state index contributed by atoms with van der Waals surface area (Å²) in [7, 11) is 0. The number of nitrogens with zero attached hydrogens (tertiary/aromatic N) is 1. The molecular weight excluding hydrogens is 252 g/mol. The summed E-state index contributed by atoms with van der Waals surface area (Å²) in [6.45, 7) is 7.28. The summed E-state index contributed by atoms with van der Waals surface area (Å²) in [6, 6.07) is 1.59. The fraction of sp³-hybridized carbons (Fsp3) is 1.00. The van der Waals surface area contributed by atoms with Crippen LogP contribution >= 0.6 is 11.8 Å². The Morgan fingerprint density at radius 3 is 2.74 bits per heavy atom. The lowest BCUT2D eigenvalue weighted by Crippen LogP contribution is -2.65. The van der Waals surface area contributed by atoms with Gasteiger partial charge in [0.05, 0.1) is 0 Å². The third kappa shape index (κ3) is 2.84. The zero-order valence-electron chi connectivity index (χ0n) is 12.7. The molecule has 3 atom stereocenters. The number of hydrogen-bond donors (Lipinski definition) is 1. The summed E-state index contributed by atoms with van der Waals surface area (Å²) in [5, 5.41) is 4.80. The quantitative estimate of drug-likeness (QED) is 0.855. The first-order valence-corrected chi connectivity index (χ1v) is 9.41. The Morgan fingerprint density at radius 1 is 1.21 bits per heavy atom. The minimum atomic E-state index is 0.483. The van der Waals surface area contributed by atoms with Crippen molar-refractivity contribution in [3.8, 4) is 0 Å². The SMILES string of the molecule is CCSC1CCCC1N1CC2(CCCC2)NCC1C. The maximum absolute atomic E-state index is 3.90. The average molecular weight is 282 g/mol. The van der Waals surface area contributed by atoms with Crippen molar-refractivity contribution in [2.24, 2.45) is 0 Å². The first-order valence-electron chi connectivity index (χ1n) is 8.36. The van der Waals surface area contributed by atoms with Gasteiger partial charge >= 0.3 is 0 Å². The molecular formula is C16H30N2S. The van der Waals surface area contributed by atoms with Gasteiger partial charge in [-0.2, -0.15) is 11.8 Å². The molecule has 3 unspecified atom stereocenters. The number of piperazine rings is 1. The van der Waals surface area contributed by atoms with Gasteiger partial charge in [0.15, 0.2) is 0 Å².